The third-order valence-corrected chi connectivity index (χ3v) is 6.13. The molecule has 1 atom stereocenters. The molecule has 0 amide bonds. The molecule has 0 aliphatic carbocycles. The van der Waals surface area contributed by atoms with Crippen molar-refractivity contribution in [3.05, 3.63) is 57.3 Å². The lowest BCUT2D eigenvalue weighted by Crippen LogP contribution is -2.28. The second-order valence-electron chi connectivity index (χ2n) is 5.88. The highest BCUT2D eigenvalue weighted by atomic mass is 32.2. The van der Waals surface area contributed by atoms with Gasteiger partial charge in [0.2, 0.25) is 0 Å². The second kappa shape index (κ2) is 6.61. The fraction of sp³-hybridized carbons (Fsp3) is 0.353. The molecule has 23 heavy (non-hydrogen) atoms. The second-order valence-corrected chi connectivity index (χ2v) is 7.78. The topological polar surface area (TPSA) is 21.6 Å². The predicted molar refractivity (Wildman–Crippen MR) is 92.2 cm³/mol. The molecule has 1 aliphatic rings. The summed E-state index contributed by atoms with van der Waals surface area (Å²) in [6.45, 7) is 4.04. The smallest absolute Gasteiger partial charge is 0.149 e. The van der Waals surface area contributed by atoms with E-state index in [1.807, 2.05) is 12.3 Å². The van der Waals surface area contributed by atoms with E-state index >= 15 is 0 Å². The van der Waals surface area contributed by atoms with Gasteiger partial charge in [-0.15, -0.1) is 11.3 Å². The third kappa shape index (κ3) is 3.58. The molecule has 0 fully saturated rings. The maximum atomic E-state index is 13.6. The van der Waals surface area contributed by atoms with Gasteiger partial charge in [-0.3, -0.25) is 0 Å². The Hall–Kier alpha value is -1.40. The van der Waals surface area contributed by atoms with Crippen molar-refractivity contribution < 1.29 is 13.6 Å². The van der Waals surface area contributed by atoms with Gasteiger partial charge in [-0.25, -0.2) is 8.78 Å². The van der Waals surface area contributed by atoms with E-state index in [4.69, 9.17) is 4.84 Å². The number of rotatable bonds is 5. The van der Waals surface area contributed by atoms with Crippen LogP contribution in [0.2, 0.25) is 0 Å². The van der Waals surface area contributed by atoms with Crippen LogP contribution in [0.15, 0.2) is 34.8 Å². The summed E-state index contributed by atoms with van der Waals surface area (Å²) in [7, 11) is 0. The lowest BCUT2D eigenvalue weighted by molar-refractivity contribution is 0.0163. The standard InChI is InChI=1S/C17H17F2NOS2/c1-11-6-7-23-16(11)15-8-17(2,21-20-15)10-22-9-12-13(18)4-3-5-14(12)19/h3-7H,8-10H2,1-2H3. The molecule has 1 aromatic heterocycles. The Kier molecular flexibility index (Phi) is 4.73. The molecule has 122 valence electrons. The van der Waals surface area contributed by atoms with E-state index in [1.165, 1.54) is 35.5 Å². The molecule has 6 heteroatoms. The molecule has 0 saturated carbocycles. The maximum Gasteiger partial charge on any atom is 0.149 e. The summed E-state index contributed by atoms with van der Waals surface area (Å²) in [5, 5.41) is 6.26. The van der Waals surface area contributed by atoms with Crippen molar-refractivity contribution in [1.29, 1.82) is 0 Å². The van der Waals surface area contributed by atoms with Crippen molar-refractivity contribution in [2.24, 2.45) is 5.16 Å². The fourth-order valence-electron chi connectivity index (χ4n) is 2.49. The average Bonchev–Trinajstić information content (AvgIpc) is 3.09. The fourth-order valence-corrected chi connectivity index (χ4v) is 4.57. The first kappa shape index (κ1) is 16.5. The summed E-state index contributed by atoms with van der Waals surface area (Å²) >= 11 is 3.11. The lowest BCUT2D eigenvalue weighted by Gasteiger charge is -2.20. The first-order chi connectivity index (χ1) is 11.0. The number of nitrogens with zero attached hydrogens (tertiary/aromatic N) is 1. The van der Waals surface area contributed by atoms with Gasteiger partial charge in [0, 0.05) is 23.5 Å². The van der Waals surface area contributed by atoms with Crippen molar-refractivity contribution in [3.63, 3.8) is 0 Å². The van der Waals surface area contributed by atoms with Gasteiger partial charge in [0.05, 0.1) is 4.88 Å². The van der Waals surface area contributed by atoms with E-state index in [1.54, 1.807) is 11.3 Å². The van der Waals surface area contributed by atoms with Crippen LogP contribution in [-0.4, -0.2) is 17.1 Å². The van der Waals surface area contributed by atoms with Gasteiger partial charge in [-0.05, 0) is 43.0 Å². The van der Waals surface area contributed by atoms with Gasteiger partial charge in [-0.1, -0.05) is 11.2 Å². The van der Waals surface area contributed by atoms with E-state index in [9.17, 15) is 8.78 Å². The highest BCUT2D eigenvalue weighted by Gasteiger charge is 2.35. The predicted octanol–water partition coefficient (Wildman–Crippen LogP) is 5.15. The summed E-state index contributed by atoms with van der Waals surface area (Å²) in [6.07, 6.45) is 0.709. The molecule has 1 aliphatic heterocycles. The molecule has 0 spiro atoms. The number of halogens is 2. The molecule has 2 aromatic rings. The number of hydrogen-bond acceptors (Lipinski definition) is 4. The Bertz CT molecular complexity index is 724. The summed E-state index contributed by atoms with van der Waals surface area (Å²) in [4.78, 5) is 6.77. The summed E-state index contributed by atoms with van der Waals surface area (Å²) in [6, 6.07) is 6.01. The average molecular weight is 353 g/mol. The number of oxime groups is 1. The highest BCUT2D eigenvalue weighted by molar-refractivity contribution is 7.98. The molecular weight excluding hydrogens is 336 g/mol. The van der Waals surface area contributed by atoms with E-state index < -0.39 is 17.2 Å². The molecular formula is C17H17F2NOS2. The van der Waals surface area contributed by atoms with E-state index in [2.05, 4.69) is 18.1 Å². The van der Waals surface area contributed by atoms with Crippen molar-refractivity contribution in [1.82, 2.24) is 0 Å². The minimum atomic E-state index is -0.499. The van der Waals surface area contributed by atoms with E-state index in [0.29, 0.717) is 12.2 Å². The minimum absolute atomic E-state index is 0.120. The van der Waals surface area contributed by atoms with Crippen LogP contribution in [0.4, 0.5) is 8.78 Å². The third-order valence-electron chi connectivity index (χ3n) is 3.76. The van der Waals surface area contributed by atoms with E-state index in [-0.39, 0.29) is 11.3 Å². The molecule has 0 bridgehead atoms. The lowest BCUT2D eigenvalue weighted by atomic mass is 10.0. The van der Waals surface area contributed by atoms with Crippen LogP contribution in [0, 0.1) is 18.6 Å². The Morgan fingerprint density at radius 3 is 2.70 bits per heavy atom. The number of thiophene rings is 1. The first-order valence-electron chi connectivity index (χ1n) is 7.29. The molecule has 1 aromatic carbocycles. The van der Waals surface area contributed by atoms with Crippen LogP contribution in [0.3, 0.4) is 0 Å². The molecule has 2 nitrogen and oxygen atoms in total. The van der Waals surface area contributed by atoms with Gasteiger partial charge < -0.3 is 4.84 Å². The van der Waals surface area contributed by atoms with Crippen LogP contribution in [0.5, 0.6) is 0 Å². The largest absolute Gasteiger partial charge is 0.388 e. The number of benzene rings is 1. The molecule has 2 heterocycles. The van der Waals surface area contributed by atoms with E-state index in [0.717, 1.165) is 10.6 Å². The van der Waals surface area contributed by atoms with Crippen LogP contribution < -0.4 is 0 Å². The Morgan fingerprint density at radius 2 is 2.04 bits per heavy atom. The number of aryl methyl sites for hydroxylation is 1. The van der Waals surface area contributed by atoms with Gasteiger partial charge in [0.1, 0.15) is 22.9 Å². The van der Waals surface area contributed by atoms with Crippen LogP contribution in [0.25, 0.3) is 0 Å². The van der Waals surface area contributed by atoms with Crippen LogP contribution in [0.1, 0.15) is 29.3 Å². The van der Waals surface area contributed by atoms with Crippen LogP contribution in [-0.2, 0) is 10.6 Å². The molecule has 1 unspecified atom stereocenters. The van der Waals surface area contributed by atoms with Crippen molar-refractivity contribution in [2.75, 3.05) is 5.75 Å². The van der Waals surface area contributed by atoms with Crippen molar-refractivity contribution in [3.8, 4) is 0 Å². The molecule has 0 radical (unpaired) electrons. The molecule has 0 N–H and O–H groups in total. The van der Waals surface area contributed by atoms with Gasteiger partial charge in [-0.2, -0.15) is 11.8 Å². The highest BCUT2D eigenvalue weighted by Crippen LogP contribution is 2.33. The molecule has 0 saturated heterocycles. The minimum Gasteiger partial charge on any atom is -0.388 e. The first-order valence-corrected chi connectivity index (χ1v) is 9.32. The summed E-state index contributed by atoms with van der Waals surface area (Å²) in [5.41, 5.74) is 1.84. The van der Waals surface area contributed by atoms with Gasteiger partial charge >= 0.3 is 0 Å². The zero-order valence-electron chi connectivity index (χ0n) is 12.9. The Labute approximate surface area is 142 Å². The quantitative estimate of drug-likeness (QED) is 0.741. The number of hydrogen-bond donors (Lipinski definition) is 0. The zero-order valence-corrected chi connectivity index (χ0v) is 14.6. The van der Waals surface area contributed by atoms with Crippen molar-refractivity contribution >= 4 is 28.8 Å². The monoisotopic (exact) mass is 353 g/mol. The normalized spacial score (nSPS) is 20.4. The summed E-state index contributed by atoms with van der Waals surface area (Å²) < 4.78 is 27.3. The van der Waals surface area contributed by atoms with Gasteiger partial charge in [0.25, 0.3) is 0 Å². The number of thioether (sulfide) groups is 1. The maximum absolute atomic E-state index is 13.6. The zero-order chi connectivity index (χ0) is 16.4. The molecule has 3 rings (SSSR count). The Balaban J connectivity index is 1.58. The SMILES string of the molecule is Cc1ccsc1C1=NOC(C)(CSCc2c(F)cccc2F)C1. The van der Waals surface area contributed by atoms with Crippen molar-refractivity contribution in [2.45, 2.75) is 31.6 Å². The van der Waals surface area contributed by atoms with Crippen LogP contribution >= 0.6 is 23.1 Å². The Morgan fingerprint density at radius 1 is 1.30 bits per heavy atom. The van der Waals surface area contributed by atoms with Gasteiger partial charge in [0.15, 0.2) is 0 Å². The summed E-state index contributed by atoms with van der Waals surface area (Å²) in [5.74, 6) is -0.0921.